The lowest BCUT2D eigenvalue weighted by Gasteiger charge is -2.27. The number of hydrogen-bond acceptors (Lipinski definition) is 1. The van der Waals surface area contributed by atoms with Gasteiger partial charge >= 0.3 is 0 Å². The van der Waals surface area contributed by atoms with Crippen LogP contribution in [0.25, 0.3) is 0 Å². The van der Waals surface area contributed by atoms with E-state index in [0.29, 0.717) is 5.92 Å². The van der Waals surface area contributed by atoms with Crippen LogP contribution >= 0.6 is 7.29 Å². The van der Waals surface area contributed by atoms with Crippen molar-refractivity contribution in [3.8, 4) is 0 Å². The molecule has 21 heavy (non-hydrogen) atoms. The Labute approximate surface area is 127 Å². The van der Waals surface area contributed by atoms with Crippen molar-refractivity contribution in [3.05, 3.63) is 73.3 Å². The van der Waals surface area contributed by atoms with E-state index in [9.17, 15) is 4.57 Å². The summed E-state index contributed by atoms with van der Waals surface area (Å²) in [5.74, 6) is 0.322. The Morgan fingerprint density at radius 1 is 0.952 bits per heavy atom. The Balaban J connectivity index is 2.50. The predicted octanol–water partition coefficient (Wildman–Crippen LogP) is 3.72. The Bertz CT molecular complexity index is 579. The van der Waals surface area contributed by atoms with Gasteiger partial charge in [0.2, 0.25) is 7.29 Å². The molecule has 0 radical (unpaired) electrons. The van der Waals surface area contributed by atoms with Crippen molar-refractivity contribution in [3.63, 3.8) is 0 Å². The fraction of sp³-hybridized carbons (Fsp3) is 0.222. The SMILES string of the molecule is C=C[C@H](NP(=O)(c1ccccc1)c1ccccc1)C(C)C. The molecule has 0 spiro atoms. The molecule has 0 fully saturated rings. The molecule has 2 rings (SSSR count). The summed E-state index contributed by atoms with van der Waals surface area (Å²) >= 11 is 0. The van der Waals surface area contributed by atoms with Gasteiger partial charge in [-0.25, -0.2) is 0 Å². The Morgan fingerprint density at radius 3 is 1.71 bits per heavy atom. The zero-order valence-corrected chi connectivity index (χ0v) is 13.5. The van der Waals surface area contributed by atoms with E-state index in [2.05, 4.69) is 25.5 Å². The van der Waals surface area contributed by atoms with E-state index in [1.165, 1.54) is 0 Å². The quantitative estimate of drug-likeness (QED) is 0.650. The number of benzene rings is 2. The first-order chi connectivity index (χ1) is 10.1. The number of nitrogens with one attached hydrogen (secondary N) is 1. The molecule has 0 aromatic heterocycles. The number of hydrogen-bond donors (Lipinski definition) is 1. The van der Waals surface area contributed by atoms with Crippen LogP contribution in [0.5, 0.6) is 0 Å². The van der Waals surface area contributed by atoms with Crippen molar-refractivity contribution >= 4 is 17.9 Å². The van der Waals surface area contributed by atoms with Gasteiger partial charge in [-0.3, -0.25) is 9.65 Å². The normalized spacial score (nSPS) is 13.1. The average Bonchev–Trinajstić information content (AvgIpc) is 2.53. The van der Waals surface area contributed by atoms with Crippen LogP contribution in [-0.2, 0) is 4.57 Å². The van der Waals surface area contributed by atoms with Crippen molar-refractivity contribution in [2.75, 3.05) is 0 Å². The summed E-state index contributed by atoms with van der Waals surface area (Å²) in [4.78, 5) is 0. The van der Waals surface area contributed by atoms with Crippen LogP contribution in [0, 0.1) is 5.92 Å². The highest BCUT2D eigenvalue weighted by molar-refractivity contribution is 7.76. The Morgan fingerprint density at radius 2 is 1.38 bits per heavy atom. The summed E-state index contributed by atoms with van der Waals surface area (Å²) in [7, 11) is -2.87. The maximum Gasteiger partial charge on any atom is 0.205 e. The third-order valence-electron chi connectivity index (χ3n) is 3.54. The van der Waals surface area contributed by atoms with Gasteiger partial charge in [-0.05, 0) is 30.2 Å². The maximum absolute atomic E-state index is 13.7. The predicted molar refractivity (Wildman–Crippen MR) is 91.7 cm³/mol. The third kappa shape index (κ3) is 3.53. The van der Waals surface area contributed by atoms with Crippen LogP contribution in [0.15, 0.2) is 73.3 Å². The third-order valence-corrected chi connectivity index (χ3v) is 6.26. The fourth-order valence-corrected chi connectivity index (χ4v) is 4.86. The van der Waals surface area contributed by atoms with E-state index < -0.39 is 7.29 Å². The van der Waals surface area contributed by atoms with E-state index in [0.717, 1.165) is 10.6 Å². The lowest BCUT2D eigenvalue weighted by atomic mass is 10.1. The second kappa shape index (κ2) is 6.89. The van der Waals surface area contributed by atoms with E-state index >= 15 is 0 Å². The molecule has 0 aliphatic heterocycles. The fourth-order valence-electron chi connectivity index (χ4n) is 2.26. The van der Waals surface area contributed by atoms with Crippen molar-refractivity contribution in [2.45, 2.75) is 19.9 Å². The highest BCUT2D eigenvalue weighted by Crippen LogP contribution is 2.40. The molecule has 0 aliphatic carbocycles. The van der Waals surface area contributed by atoms with Gasteiger partial charge in [-0.15, -0.1) is 6.58 Å². The van der Waals surface area contributed by atoms with Gasteiger partial charge in [0.15, 0.2) is 0 Å². The van der Waals surface area contributed by atoms with E-state index in [1.54, 1.807) is 0 Å². The Kier molecular flexibility index (Phi) is 5.17. The van der Waals surface area contributed by atoms with Crippen LogP contribution < -0.4 is 15.7 Å². The second-order valence-electron chi connectivity index (χ2n) is 5.41. The molecule has 0 aliphatic rings. The van der Waals surface area contributed by atoms with Crippen molar-refractivity contribution < 1.29 is 4.57 Å². The Hall–Kier alpha value is -1.63. The van der Waals surface area contributed by atoms with Crippen LogP contribution in [-0.4, -0.2) is 6.04 Å². The van der Waals surface area contributed by atoms with Crippen molar-refractivity contribution in [1.82, 2.24) is 5.09 Å². The number of rotatable bonds is 6. The topological polar surface area (TPSA) is 29.1 Å². The molecule has 0 amide bonds. The van der Waals surface area contributed by atoms with Crippen LogP contribution in [0.4, 0.5) is 0 Å². The standard InChI is InChI=1S/C18H22NOP/c1-4-18(15(2)3)19-21(20,16-11-7-5-8-12-16)17-13-9-6-10-14-17/h4-15,18H,1H2,2-3H3,(H,19,20)/t18-/m0/s1. The van der Waals surface area contributed by atoms with Gasteiger partial charge < -0.3 is 0 Å². The monoisotopic (exact) mass is 299 g/mol. The summed E-state index contributed by atoms with van der Waals surface area (Å²) in [6.45, 7) is 8.06. The van der Waals surface area contributed by atoms with Gasteiger partial charge in [0, 0.05) is 16.7 Å². The molecule has 2 aromatic carbocycles. The van der Waals surface area contributed by atoms with Gasteiger partial charge in [0.1, 0.15) is 0 Å². The summed E-state index contributed by atoms with van der Waals surface area (Å²) in [6, 6.07) is 19.2. The smallest absolute Gasteiger partial charge is 0.205 e. The first-order valence-corrected chi connectivity index (χ1v) is 8.90. The zero-order valence-electron chi connectivity index (χ0n) is 12.6. The molecule has 3 heteroatoms. The molecule has 2 aromatic rings. The first kappa shape index (κ1) is 15.8. The molecule has 110 valence electrons. The van der Waals surface area contributed by atoms with E-state index in [1.807, 2.05) is 66.7 Å². The second-order valence-corrected chi connectivity index (χ2v) is 7.92. The molecule has 1 atom stereocenters. The van der Waals surface area contributed by atoms with E-state index in [-0.39, 0.29) is 6.04 Å². The molecule has 0 heterocycles. The van der Waals surface area contributed by atoms with Gasteiger partial charge in [-0.2, -0.15) is 0 Å². The van der Waals surface area contributed by atoms with Gasteiger partial charge in [0.25, 0.3) is 0 Å². The molecular formula is C18H22NOP. The van der Waals surface area contributed by atoms with Crippen LogP contribution in [0.1, 0.15) is 13.8 Å². The summed E-state index contributed by atoms with van der Waals surface area (Å²) in [6.07, 6.45) is 1.84. The zero-order chi connectivity index (χ0) is 15.3. The van der Waals surface area contributed by atoms with Gasteiger partial charge in [-0.1, -0.05) is 56.3 Å². The lowest BCUT2D eigenvalue weighted by molar-refractivity contribution is 0.516. The molecule has 0 saturated carbocycles. The van der Waals surface area contributed by atoms with Crippen LogP contribution in [0.3, 0.4) is 0 Å². The lowest BCUT2D eigenvalue weighted by Crippen LogP contribution is -2.36. The summed E-state index contributed by atoms with van der Waals surface area (Å²) < 4.78 is 13.7. The van der Waals surface area contributed by atoms with Crippen molar-refractivity contribution in [1.29, 1.82) is 0 Å². The van der Waals surface area contributed by atoms with Crippen molar-refractivity contribution in [2.24, 2.45) is 5.92 Å². The molecule has 1 N–H and O–H groups in total. The van der Waals surface area contributed by atoms with Gasteiger partial charge in [0.05, 0.1) is 0 Å². The first-order valence-electron chi connectivity index (χ1n) is 7.19. The minimum absolute atomic E-state index is 0.00348. The average molecular weight is 299 g/mol. The minimum atomic E-state index is -2.87. The molecule has 2 nitrogen and oxygen atoms in total. The maximum atomic E-state index is 13.7. The highest BCUT2D eigenvalue weighted by Gasteiger charge is 2.29. The van der Waals surface area contributed by atoms with Crippen LogP contribution in [0.2, 0.25) is 0 Å². The molecule has 0 unspecified atom stereocenters. The highest BCUT2D eigenvalue weighted by atomic mass is 31.2. The molecular weight excluding hydrogens is 277 g/mol. The minimum Gasteiger partial charge on any atom is -0.297 e. The van der Waals surface area contributed by atoms with E-state index in [4.69, 9.17) is 0 Å². The largest absolute Gasteiger partial charge is 0.297 e. The molecule has 0 saturated heterocycles. The molecule has 0 bridgehead atoms. The summed E-state index contributed by atoms with van der Waals surface area (Å²) in [5.41, 5.74) is 0. The summed E-state index contributed by atoms with van der Waals surface area (Å²) in [5, 5.41) is 5.00.